The maximum atomic E-state index is 2.20. The number of halogens is 2. The maximum Gasteiger partial charge on any atom is 4.00 e. The topological polar surface area (TPSA) is 0 Å². The molecule has 0 spiro atoms. The first kappa shape index (κ1) is 27.7. The second kappa shape index (κ2) is 14.5. The Hall–Kier alpha value is -0.527. The van der Waals surface area contributed by atoms with Crippen LogP contribution in [0.1, 0.15) is 11.1 Å². The van der Waals surface area contributed by atoms with Gasteiger partial charge in [-0.25, -0.2) is 0 Å². The zero-order valence-electron chi connectivity index (χ0n) is 15.6. The van der Waals surface area contributed by atoms with Crippen LogP contribution in [0.5, 0.6) is 0 Å². The van der Waals surface area contributed by atoms with E-state index in [1.54, 1.807) is 11.8 Å². The van der Waals surface area contributed by atoms with Crippen molar-refractivity contribution in [1.82, 2.24) is 0 Å². The van der Waals surface area contributed by atoms with Crippen LogP contribution in [0.3, 0.4) is 0 Å². The fourth-order valence-corrected chi connectivity index (χ4v) is 2.61. The SMILES string of the molecule is CSC.Cc1cc2ccccc2[cH-]1.Cc1cc2ccccc2[cH-]1.[Cl-].[Cl-].[Zr+4]. The monoisotopic (exact) mass is 480 g/mol. The summed E-state index contributed by atoms with van der Waals surface area (Å²) in [7, 11) is 0. The minimum atomic E-state index is 0. The van der Waals surface area contributed by atoms with Crippen molar-refractivity contribution in [2.24, 2.45) is 0 Å². The van der Waals surface area contributed by atoms with Gasteiger partial charge in [-0.05, 0) is 12.5 Å². The van der Waals surface area contributed by atoms with Gasteiger partial charge in [0, 0.05) is 0 Å². The largest absolute Gasteiger partial charge is 4.00 e. The quantitative estimate of drug-likeness (QED) is 0.333. The molecule has 0 saturated carbocycles. The van der Waals surface area contributed by atoms with Crippen LogP contribution in [0.4, 0.5) is 0 Å². The molecule has 0 unspecified atom stereocenters. The van der Waals surface area contributed by atoms with Crippen molar-refractivity contribution in [2.45, 2.75) is 13.8 Å². The number of hydrogen-bond donors (Lipinski definition) is 0. The van der Waals surface area contributed by atoms with Gasteiger partial charge in [0.25, 0.3) is 0 Å². The molecule has 4 heteroatoms. The van der Waals surface area contributed by atoms with Gasteiger partial charge in [-0.1, -0.05) is 26.0 Å². The zero-order valence-corrected chi connectivity index (χ0v) is 20.4. The van der Waals surface area contributed by atoms with Gasteiger partial charge < -0.3 is 24.8 Å². The standard InChI is InChI=1S/2C10H9.C2H6S.2ClH.Zr/c2*1-8-6-9-4-2-3-5-10(9)7-8;1-3-2;;;/h2*2-7H,1H3;1-2H3;2*1H;/q2*-1;;;;+4/p-2. The first-order chi connectivity index (χ1) is 11.1. The molecule has 26 heavy (non-hydrogen) atoms. The van der Waals surface area contributed by atoms with Crippen LogP contribution in [0.2, 0.25) is 0 Å². The average Bonchev–Trinajstić information content (AvgIpc) is 3.08. The molecular weight excluding hydrogens is 458 g/mol. The summed E-state index contributed by atoms with van der Waals surface area (Å²) in [5.41, 5.74) is 2.70. The van der Waals surface area contributed by atoms with Crippen molar-refractivity contribution in [1.29, 1.82) is 0 Å². The Morgan fingerprint density at radius 2 is 0.962 bits per heavy atom. The molecular formula is C22H24Cl2SZr. The Morgan fingerprint density at radius 1 is 0.654 bits per heavy atom. The number of rotatable bonds is 0. The molecule has 0 aliphatic carbocycles. The van der Waals surface area contributed by atoms with Crippen LogP contribution in [0.25, 0.3) is 21.5 Å². The van der Waals surface area contributed by atoms with Gasteiger partial charge in [0.05, 0.1) is 0 Å². The summed E-state index contributed by atoms with van der Waals surface area (Å²) < 4.78 is 0. The molecule has 4 rings (SSSR count). The van der Waals surface area contributed by atoms with E-state index in [2.05, 4.69) is 86.6 Å². The third kappa shape index (κ3) is 8.44. The molecule has 0 atom stereocenters. The van der Waals surface area contributed by atoms with Crippen molar-refractivity contribution in [2.75, 3.05) is 12.5 Å². The molecule has 0 nitrogen and oxygen atoms in total. The molecule has 0 N–H and O–H groups in total. The maximum absolute atomic E-state index is 2.20. The minimum Gasteiger partial charge on any atom is -1.00 e. The summed E-state index contributed by atoms with van der Waals surface area (Å²) in [5, 5.41) is 5.39. The van der Waals surface area contributed by atoms with E-state index in [-0.39, 0.29) is 51.0 Å². The van der Waals surface area contributed by atoms with E-state index in [0.29, 0.717) is 0 Å². The molecule has 0 amide bonds. The molecule has 0 heterocycles. The molecule has 0 bridgehead atoms. The summed E-state index contributed by atoms with van der Waals surface area (Å²) in [6, 6.07) is 25.7. The van der Waals surface area contributed by atoms with Gasteiger partial charge in [0.2, 0.25) is 0 Å². The smallest absolute Gasteiger partial charge is 1.00 e. The zero-order chi connectivity index (χ0) is 16.7. The molecule has 4 aromatic rings. The first-order valence-corrected chi connectivity index (χ1v) is 9.41. The van der Waals surface area contributed by atoms with Crippen molar-refractivity contribution < 1.29 is 51.0 Å². The van der Waals surface area contributed by atoms with Crippen LogP contribution in [0, 0.1) is 13.8 Å². The fourth-order valence-electron chi connectivity index (χ4n) is 2.61. The predicted molar refractivity (Wildman–Crippen MR) is 108 cm³/mol. The Kier molecular flexibility index (Phi) is 15.5. The van der Waals surface area contributed by atoms with E-state index in [9.17, 15) is 0 Å². The number of hydrogen-bond acceptors (Lipinski definition) is 1. The van der Waals surface area contributed by atoms with Crippen molar-refractivity contribution in [3.8, 4) is 0 Å². The average molecular weight is 483 g/mol. The number of aryl methyl sites for hydroxylation is 2. The van der Waals surface area contributed by atoms with Gasteiger partial charge in [0.15, 0.2) is 0 Å². The van der Waals surface area contributed by atoms with Gasteiger partial charge in [-0.3, -0.25) is 0 Å². The van der Waals surface area contributed by atoms with Crippen molar-refractivity contribution in [3.63, 3.8) is 0 Å². The third-order valence-corrected chi connectivity index (χ3v) is 3.52. The van der Waals surface area contributed by atoms with E-state index >= 15 is 0 Å². The second-order valence-electron chi connectivity index (χ2n) is 5.73. The summed E-state index contributed by atoms with van der Waals surface area (Å²) in [6.45, 7) is 4.25. The van der Waals surface area contributed by atoms with E-state index in [1.165, 1.54) is 32.7 Å². The molecule has 4 aromatic carbocycles. The Bertz CT molecular complexity index is 726. The minimum absolute atomic E-state index is 0. The van der Waals surface area contributed by atoms with Crippen LogP contribution < -0.4 is 24.8 Å². The van der Waals surface area contributed by atoms with E-state index in [4.69, 9.17) is 0 Å². The van der Waals surface area contributed by atoms with E-state index in [0.717, 1.165) is 0 Å². The normalized spacial score (nSPS) is 8.77. The van der Waals surface area contributed by atoms with Crippen molar-refractivity contribution >= 4 is 33.3 Å². The summed E-state index contributed by atoms with van der Waals surface area (Å²) in [5.74, 6) is 0. The van der Waals surface area contributed by atoms with Crippen molar-refractivity contribution in [3.05, 3.63) is 83.9 Å². The van der Waals surface area contributed by atoms with Crippen LogP contribution in [-0.4, -0.2) is 12.5 Å². The first-order valence-electron chi connectivity index (χ1n) is 7.78. The van der Waals surface area contributed by atoms with E-state index in [1.807, 2.05) is 12.5 Å². The number of fused-ring (bicyclic) bond motifs is 2. The molecule has 0 fully saturated rings. The second-order valence-corrected chi connectivity index (χ2v) is 6.55. The molecule has 0 saturated heterocycles. The Morgan fingerprint density at radius 3 is 1.27 bits per heavy atom. The van der Waals surface area contributed by atoms with Crippen LogP contribution in [-0.2, 0) is 26.2 Å². The Labute approximate surface area is 193 Å². The Balaban J connectivity index is 0. The van der Waals surface area contributed by atoms with E-state index < -0.39 is 0 Å². The summed E-state index contributed by atoms with van der Waals surface area (Å²) in [6.07, 6.45) is 4.08. The fraction of sp³-hybridized carbons (Fsp3) is 0.182. The molecule has 136 valence electrons. The number of benzene rings is 2. The van der Waals surface area contributed by atoms with Crippen LogP contribution >= 0.6 is 11.8 Å². The number of thioether (sulfide) groups is 1. The van der Waals surface area contributed by atoms with Gasteiger partial charge >= 0.3 is 26.2 Å². The van der Waals surface area contributed by atoms with Gasteiger partial charge in [0.1, 0.15) is 0 Å². The van der Waals surface area contributed by atoms with Crippen LogP contribution in [0.15, 0.2) is 72.8 Å². The predicted octanol–water partition coefficient (Wildman–Crippen LogP) is 0.719. The van der Waals surface area contributed by atoms with Gasteiger partial charge in [-0.15, -0.1) is 81.2 Å². The molecule has 0 radical (unpaired) electrons. The molecule has 0 aliphatic rings. The summed E-state index contributed by atoms with van der Waals surface area (Å²) in [4.78, 5) is 0. The summed E-state index contributed by atoms with van der Waals surface area (Å²) >= 11 is 1.75. The third-order valence-electron chi connectivity index (χ3n) is 3.52. The molecule has 0 aromatic heterocycles. The van der Waals surface area contributed by atoms with Gasteiger partial charge in [-0.2, -0.15) is 23.9 Å². The molecule has 0 aliphatic heterocycles.